The summed E-state index contributed by atoms with van der Waals surface area (Å²) in [5.74, 6) is -0.453. The first-order chi connectivity index (χ1) is 20.1. The molecule has 0 saturated heterocycles. The summed E-state index contributed by atoms with van der Waals surface area (Å²) >= 11 is 0. The summed E-state index contributed by atoms with van der Waals surface area (Å²) in [5, 5.41) is 11.8. The summed E-state index contributed by atoms with van der Waals surface area (Å²) in [6.07, 6.45) is 4.83. The fourth-order valence-corrected chi connectivity index (χ4v) is 6.50. The number of benzene rings is 2. The Labute approximate surface area is 277 Å². The van der Waals surface area contributed by atoms with Crippen molar-refractivity contribution in [1.82, 2.24) is 9.88 Å². The fraction of sp³-hybridized carbons (Fsp3) is 0.486. The van der Waals surface area contributed by atoms with Gasteiger partial charge in [0.05, 0.1) is 13.3 Å². The second-order valence-electron chi connectivity index (χ2n) is 12.5. The van der Waals surface area contributed by atoms with Crippen LogP contribution in [0.2, 0.25) is 0 Å². The maximum Gasteiger partial charge on any atom is 1.00 e. The minimum Gasteiger partial charge on any atom is -0.550 e. The largest absolute Gasteiger partial charge is 1.00 e. The molecule has 2 aliphatic rings. The van der Waals surface area contributed by atoms with Crippen LogP contribution in [0.25, 0.3) is 11.1 Å². The maximum atomic E-state index is 15.1. The van der Waals surface area contributed by atoms with Gasteiger partial charge in [0.1, 0.15) is 17.7 Å². The van der Waals surface area contributed by atoms with Crippen molar-refractivity contribution in [2.75, 3.05) is 7.11 Å². The standard InChI is InChI=1S/C35H43FN2O4.Na/c1-20(2)38(21(3)4)19-27-15-25(11-13-28(27)29-17-33(41-6)37-18-30(29)36)31-14-12-23-7-10-26(16-32(23)42-31)34(24-8-9-24)22(5)35(39)40;/h7,10-11,13,15-18,20-22,24,31,34H,8-9,12,14,19H2,1-6H3,(H,39,40);/q;+1/p-1/t22-,31-,34-;/m0./s1. The van der Waals surface area contributed by atoms with E-state index < -0.39 is 17.7 Å². The summed E-state index contributed by atoms with van der Waals surface area (Å²) in [6.45, 7) is 11.1. The topological polar surface area (TPSA) is 74.7 Å². The third-order valence-corrected chi connectivity index (χ3v) is 8.97. The minimum absolute atomic E-state index is 0. The summed E-state index contributed by atoms with van der Waals surface area (Å²) in [5.41, 5.74) is 5.48. The molecule has 1 saturated carbocycles. The third kappa shape index (κ3) is 7.44. The Bertz CT molecular complexity index is 1430. The van der Waals surface area contributed by atoms with E-state index in [1.54, 1.807) is 13.0 Å². The van der Waals surface area contributed by atoms with Gasteiger partial charge >= 0.3 is 29.6 Å². The molecule has 43 heavy (non-hydrogen) atoms. The summed E-state index contributed by atoms with van der Waals surface area (Å²) in [6, 6.07) is 14.7. The molecule has 0 spiro atoms. The molecule has 1 aliphatic carbocycles. The predicted octanol–water partition coefficient (Wildman–Crippen LogP) is 3.47. The molecule has 2 aromatic carbocycles. The number of halogens is 1. The van der Waals surface area contributed by atoms with Gasteiger partial charge in [-0.05, 0) is 99.1 Å². The molecular weight excluding hydrogens is 554 g/mol. The summed E-state index contributed by atoms with van der Waals surface area (Å²) in [4.78, 5) is 18.2. The number of methoxy groups -OCH3 is 1. The average molecular weight is 597 g/mol. The summed E-state index contributed by atoms with van der Waals surface area (Å²) in [7, 11) is 1.53. The Kier molecular flexibility index (Phi) is 11.0. The van der Waals surface area contributed by atoms with Crippen LogP contribution in [0.1, 0.15) is 88.2 Å². The van der Waals surface area contributed by atoms with Crippen molar-refractivity contribution >= 4 is 5.97 Å². The number of carboxylic acid groups (broad SMARTS) is 1. The third-order valence-electron chi connectivity index (χ3n) is 8.97. The molecule has 0 radical (unpaired) electrons. The molecule has 0 amide bonds. The molecule has 3 aromatic rings. The van der Waals surface area contributed by atoms with E-state index in [4.69, 9.17) is 9.47 Å². The molecule has 1 aliphatic heterocycles. The molecule has 0 bridgehead atoms. The van der Waals surface area contributed by atoms with E-state index in [0.717, 1.165) is 59.3 Å². The Hall–Kier alpha value is -2.45. The fourth-order valence-electron chi connectivity index (χ4n) is 6.50. The Morgan fingerprint density at radius 3 is 2.40 bits per heavy atom. The van der Waals surface area contributed by atoms with E-state index in [-0.39, 0.29) is 41.6 Å². The average Bonchev–Trinajstić information content (AvgIpc) is 3.80. The van der Waals surface area contributed by atoms with E-state index in [2.05, 4.69) is 61.8 Å². The molecule has 0 unspecified atom stereocenters. The zero-order valence-corrected chi connectivity index (χ0v) is 28.5. The Morgan fingerprint density at radius 2 is 1.77 bits per heavy atom. The van der Waals surface area contributed by atoms with Crippen molar-refractivity contribution in [2.24, 2.45) is 11.8 Å². The van der Waals surface area contributed by atoms with Crippen molar-refractivity contribution in [2.45, 2.75) is 91.0 Å². The molecule has 3 atom stereocenters. The maximum absolute atomic E-state index is 15.1. The molecule has 5 rings (SSSR count). The second kappa shape index (κ2) is 14.1. The van der Waals surface area contributed by atoms with Crippen LogP contribution in [0, 0.1) is 17.7 Å². The number of aliphatic carboxylic acids is 1. The number of nitrogens with zero attached hydrogens (tertiary/aromatic N) is 2. The van der Waals surface area contributed by atoms with Crippen molar-refractivity contribution in [1.29, 1.82) is 0 Å². The van der Waals surface area contributed by atoms with E-state index in [1.165, 1.54) is 13.3 Å². The van der Waals surface area contributed by atoms with E-state index in [1.807, 2.05) is 12.1 Å². The number of hydrogen-bond acceptors (Lipinski definition) is 6. The van der Waals surface area contributed by atoms with E-state index >= 15 is 4.39 Å². The number of rotatable bonds is 11. The molecule has 0 N–H and O–H groups in total. The van der Waals surface area contributed by atoms with Gasteiger partial charge in [-0.25, -0.2) is 9.37 Å². The minimum atomic E-state index is -1.00. The van der Waals surface area contributed by atoms with Gasteiger partial charge in [-0.15, -0.1) is 0 Å². The number of aromatic nitrogens is 1. The number of carbonyl (C=O) groups excluding carboxylic acids is 1. The van der Waals surface area contributed by atoms with E-state index in [0.29, 0.717) is 36.0 Å². The Morgan fingerprint density at radius 1 is 1.05 bits per heavy atom. The Balaban J connectivity index is 0.00000423. The van der Waals surface area contributed by atoms with Gasteiger partial charge in [-0.3, -0.25) is 4.90 Å². The normalized spacial score (nSPS) is 17.7. The zero-order valence-electron chi connectivity index (χ0n) is 26.5. The zero-order chi connectivity index (χ0) is 30.1. The van der Waals surface area contributed by atoms with Crippen LogP contribution in [0.5, 0.6) is 11.6 Å². The van der Waals surface area contributed by atoms with Gasteiger partial charge in [0.2, 0.25) is 5.88 Å². The first-order valence-electron chi connectivity index (χ1n) is 15.2. The van der Waals surface area contributed by atoms with Crippen LogP contribution in [-0.4, -0.2) is 35.0 Å². The van der Waals surface area contributed by atoms with Gasteiger partial charge in [-0.2, -0.15) is 0 Å². The van der Waals surface area contributed by atoms with Gasteiger partial charge in [0.25, 0.3) is 0 Å². The SMILES string of the molecule is COc1cc(-c2ccc([C@@H]3CCc4ccc([C@H](C5CC5)[C@H](C)C(=O)[O-])cc4O3)cc2CN(C(C)C)C(C)C)c(F)cn1.[Na+]. The van der Waals surface area contributed by atoms with Crippen molar-refractivity contribution in [3.63, 3.8) is 0 Å². The monoisotopic (exact) mass is 596 g/mol. The van der Waals surface area contributed by atoms with Crippen LogP contribution < -0.4 is 44.1 Å². The molecule has 1 aromatic heterocycles. The van der Waals surface area contributed by atoms with Crippen LogP contribution in [0.3, 0.4) is 0 Å². The van der Waals surface area contributed by atoms with E-state index in [9.17, 15) is 9.90 Å². The first kappa shape index (κ1) is 33.4. The van der Waals surface area contributed by atoms with Crippen molar-refractivity contribution in [3.05, 3.63) is 76.7 Å². The number of carbonyl (C=O) groups is 1. The first-order valence-corrected chi connectivity index (χ1v) is 15.2. The molecule has 224 valence electrons. The second-order valence-corrected chi connectivity index (χ2v) is 12.5. The van der Waals surface area contributed by atoms with Crippen LogP contribution in [-0.2, 0) is 17.8 Å². The number of ether oxygens (including phenoxy) is 2. The number of carboxylic acids is 1. The predicted molar refractivity (Wildman–Crippen MR) is 160 cm³/mol. The van der Waals surface area contributed by atoms with Crippen molar-refractivity contribution < 1.29 is 53.3 Å². The molecule has 2 heterocycles. The number of pyridine rings is 1. The van der Waals surface area contributed by atoms with Gasteiger partial charge in [0, 0.05) is 42.1 Å². The van der Waals surface area contributed by atoms with Crippen molar-refractivity contribution in [3.8, 4) is 22.8 Å². The molecule has 1 fully saturated rings. The molecular formula is C35H42FN2NaO4. The van der Waals surface area contributed by atoms with Crippen LogP contribution >= 0.6 is 0 Å². The summed E-state index contributed by atoms with van der Waals surface area (Å²) < 4.78 is 27.1. The van der Waals surface area contributed by atoms with Gasteiger partial charge in [0.15, 0.2) is 0 Å². The van der Waals surface area contributed by atoms with Crippen LogP contribution in [0.15, 0.2) is 48.7 Å². The van der Waals surface area contributed by atoms with Gasteiger partial charge in [-0.1, -0.05) is 37.3 Å². The number of fused-ring (bicyclic) bond motifs is 1. The number of aryl methyl sites for hydroxylation is 1. The molecule has 6 nitrogen and oxygen atoms in total. The molecule has 8 heteroatoms. The number of hydrogen-bond donors (Lipinski definition) is 0. The smallest absolute Gasteiger partial charge is 0.550 e. The van der Waals surface area contributed by atoms with Gasteiger partial charge < -0.3 is 19.4 Å². The van der Waals surface area contributed by atoms with Crippen LogP contribution in [0.4, 0.5) is 4.39 Å². The quantitative estimate of drug-likeness (QED) is 0.316.